The first-order chi connectivity index (χ1) is 6.56. The monoisotopic (exact) mass is 193 g/mol. The minimum absolute atomic E-state index is 0.0224. The molecular formula is C10H15N3O. The van der Waals surface area contributed by atoms with E-state index in [1.54, 1.807) is 22.8 Å². The van der Waals surface area contributed by atoms with Crippen LogP contribution in [0.25, 0.3) is 0 Å². The molecule has 4 nitrogen and oxygen atoms in total. The molecule has 0 bridgehead atoms. The van der Waals surface area contributed by atoms with E-state index in [4.69, 9.17) is 0 Å². The average molecular weight is 193 g/mol. The highest BCUT2D eigenvalue weighted by Crippen LogP contribution is 2.17. The first-order valence-corrected chi connectivity index (χ1v) is 4.44. The molecule has 0 aliphatic rings. The second kappa shape index (κ2) is 4.09. The molecule has 14 heavy (non-hydrogen) atoms. The molecule has 1 atom stereocenters. The largest absolute Gasteiger partial charge is 0.335 e. The molecule has 4 heteroatoms. The maximum Gasteiger partial charge on any atom is 0.246 e. The van der Waals surface area contributed by atoms with Crippen LogP contribution in [0.4, 0.5) is 0 Å². The lowest BCUT2D eigenvalue weighted by atomic mass is 10.1. The molecule has 0 aromatic carbocycles. The number of rotatable bonds is 3. The summed E-state index contributed by atoms with van der Waals surface area (Å²) in [5, 5.41) is 4.06. The van der Waals surface area contributed by atoms with Gasteiger partial charge in [-0.25, -0.2) is 0 Å². The minimum Gasteiger partial charge on any atom is -0.335 e. The van der Waals surface area contributed by atoms with Crippen LogP contribution >= 0.6 is 0 Å². The van der Waals surface area contributed by atoms with Crippen LogP contribution in [0.5, 0.6) is 0 Å². The smallest absolute Gasteiger partial charge is 0.246 e. The molecule has 0 aliphatic carbocycles. The van der Waals surface area contributed by atoms with Crippen molar-refractivity contribution in [3.05, 3.63) is 30.6 Å². The van der Waals surface area contributed by atoms with Crippen molar-refractivity contribution in [1.29, 1.82) is 0 Å². The molecule has 0 saturated heterocycles. The number of likely N-dealkylation sites (N-methyl/N-ethyl adjacent to an activating group) is 1. The van der Waals surface area contributed by atoms with E-state index in [2.05, 4.69) is 11.7 Å². The number of hydrogen-bond acceptors (Lipinski definition) is 2. The van der Waals surface area contributed by atoms with Gasteiger partial charge in [0.2, 0.25) is 5.91 Å². The van der Waals surface area contributed by atoms with Gasteiger partial charge in [0.1, 0.15) is 0 Å². The molecule has 1 amide bonds. The predicted molar refractivity (Wildman–Crippen MR) is 54.6 cm³/mol. The highest BCUT2D eigenvalue weighted by atomic mass is 16.2. The Kier molecular flexibility index (Phi) is 3.06. The van der Waals surface area contributed by atoms with Crippen molar-refractivity contribution in [1.82, 2.24) is 14.7 Å². The van der Waals surface area contributed by atoms with Crippen molar-refractivity contribution in [3.63, 3.8) is 0 Å². The number of aryl methyl sites for hydroxylation is 1. The maximum atomic E-state index is 11.3. The number of amides is 1. The molecule has 1 aromatic rings. The van der Waals surface area contributed by atoms with E-state index in [1.807, 2.05) is 20.2 Å². The van der Waals surface area contributed by atoms with Gasteiger partial charge in [-0.2, -0.15) is 5.10 Å². The van der Waals surface area contributed by atoms with Crippen molar-refractivity contribution < 1.29 is 4.79 Å². The molecule has 0 N–H and O–H groups in total. The lowest BCUT2D eigenvalue weighted by molar-refractivity contribution is -0.126. The summed E-state index contributed by atoms with van der Waals surface area (Å²) in [5.74, 6) is -0.0821. The van der Waals surface area contributed by atoms with E-state index in [1.165, 1.54) is 6.08 Å². The van der Waals surface area contributed by atoms with Crippen LogP contribution in [0.2, 0.25) is 0 Å². The van der Waals surface area contributed by atoms with Crippen molar-refractivity contribution in [2.24, 2.45) is 7.05 Å². The molecule has 1 rings (SSSR count). The lowest BCUT2D eigenvalue weighted by Gasteiger charge is -2.22. The van der Waals surface area contributed by atoms with E-state index in [0.29, 0.717) is 0 Å². The van der Waals surface area contributed by atoms with Gasteiger partial charge in [-0.1, -0.05) is 6.58 Å². The topological polar surface area (TPSA) is 38.1 Å². The lowest BCUT2D eigenvalue weighted by Crippen LogP contribution is -2.27. The number of carbonyl (C=O) groups is 1. The summed E-state index contributed by atoms with van der Waals surface area (Å²) in [4.78, 5) is 12.9. The highest BCUT2D eigenvalue weighted by molar-refractivity contribution is 5.87. The van der Waals surface area contributed by atoms with Gasteiger partial charge in [-0.15, -0.1) is 0 Å². The van der Waals surface area contributed by atoms with Crippen molar-refractivity contribution >= 4 is 5.91 Å². The summed E-state index contributed by atoms with van der Waals surface area (Å²) < 4.78 is 1.72. The number of aromatic nitrogens is 2. The zero-order chi connectivity index (χ0) is 10.7. The Morgan fingerprint density at radius 1 is 1.79 bits per heavy atom. The zero-order valence-electron chi connectivity index (χ0n) is 8.77. The van der Waals surface area contributed by atoms with Gasteiger partial charge in [-0.05, 0) is 13.0 Å². The Labute approximate surface area is 83.8 Å². The van der Waals surface area contributed by atoms with Crippen molar-refractivity contribution in [3.8, 4) is 0 Å². The Bertz CT molecular complexity index is 343. The number of hydrogen-bond donors (Lipinski definition) is 0. The molecule has 1 unspecified atom stereocenters. The third-order valence-corrected chi connectivity index (χ3v) is 2.31. The minimum atomic E-state index is -0.0821. The summed E-state index contributed by atoms with van der Waals surface area (Å²) >= 11 is 0. The Balaban J connectivity index is 2.79. The average Bonchev–Trinajstić information content (AvgIpc) is 2.61. The summed E-state index contributed by atoms with van der Waals surface area (Å²) in [6.07, 6.45) is 4.97. The van der Waals surface area contributed by atoms with E-state index >= 15 is 0 Å². The normalized spacial score (nSPS) is 12.2. The standard InChI is InChI=1S/C10H15N3O/c1-5-10(14)13(4)8(2)9-6-11-12(3)7-9/h5-8H,1H2,2-4H3. The highest BCUT2D eigenvalue weighted by Gasteiger charge is 2.15. The van der Waals surface area contributed by atoms with E-state index in [-0.39, 0.29) is 11.9 Å². The van der Waals surface area contributed by atoms with Crippen LogP contribution in [0.1, 0.15) is 18.5 Å². The summed E-state index contributed by atoms with van der Waals surface area (Å²) in [7, 11) is 3.60. The van der Waals surface area contributed by atoms with Gasteiger partial charge >= 0.3 is 0 Å². The molecule has 0 aliphatic heterocycles. The molecule has 0 spiro atoms. The van der Waals surface area contributed by atoms with Gasteiger partial charge in [0, 0.05) is 25.9 Å². The van der Waals surface area contributed by atoms with Gasteiger partial charge in [-0.3, -0.25) is 9.48 Å². The van der Waals surface area contributed by atoms with Crippen LogP contribution in [0.3, 0.4) is 0 Å². The number of carbonyl (C=O) groups excluding carboxylic acids is 1. The van der Waals surface area contributed by atoms with Crippen molar-refractivity contribution in [2.75, 3.05) is 7.05 Å². The first kappa shape index (κ1) is 10.5. The SMILES string of the molecule is C=CC(=O)N(C)C(C)c1cnn(C)c1. The first-order valence-electron chi connectivity index (χ1n) is 4.44. The quantitative estimate of drug-likeness (QED) is 0.675. The van der Waals surface area contributed by atoms with Gasteiger partial charge in [0.15, 0.2) is 0 Å². The van der Waals surface area contributed by atoms with Crippen molar-refractivity contribution in [2.45, 2.75) is 13.0 Å². The van der Waals surface area contributed by atoms with Gasteiger partial charge in [0.05, 0.1) is 12.2 Å². The van der Waals surface area contributed by atoms with Gasteiger partial charge in [0.25, 0.3) is 0 Å². The predicted octanol–water partition coefficient (Wildman–Crippen LogP) is 1.13. The Morgan fingerprint density at radius 3 is 2.86 bits per heavy atom. The van der Waals surface area contributed by atoms with E-state index in [9.17, 15) is 4.79 Å². The molecule has 1 heterocycles. The van der Waals surface area contributed by atoms with Crippen LogP contribution in [-0.2, 0) is 11.8 Å². The second-order valence-electron chi connectivity index (χ2n) is 3.28. The van der Waals surface area contributed by atoms with E-state index in [0.717, 1.165) is 5.56 Å². The maximum absolute atomic E-state index is 11.3. The fourth-order valence-electron chi connectivity index (χ4n) is 1.21. The fraction of sp³-hybridized carbons (Fsp3) is 0.400. The van der Waals surface area contributed by atoms with Gasteiger partial charge < -0.3 is 4.90 Å². The third-order valence-electron chi connectivity index (χ3n) is 2.31. The molecule has 76 valence electrons. The summed E-state index contributed by atoms with van der Waals surface area (Å²) in [5.41, 5.74) is 1.02. The molecule has 0 fully saturated rings. The summed E-state index contributed by atoms with van der Waals surface area (Å²) in [6, 6.07) is 0.0224. The molecular weight excluding hydrogens is 178 g/mol. The van der Waals surface area contributed by atoms with Crippen LogP contribution in [0.15, 0.2) is 25.0 Å². The molecule has 1 aromatic heterocycles. The molecule has 0 radical (unpaired) electrons. The Morgan fingerprint density at radius 2 is 2.43 bits per heavy atom. The van der Waals surface area contributed by atoms with Crippen LogP contribution < -0.4 is 0 Å². The second-order valence-corrected chi connectivity index (χ2v) is 3.28. The summed E-state index contributed by atoms with van der Waals surface area (Å²) in [6.45, 7) is 5.41. The zero-order valence-corrected chi connectivity index (χ0v) is 8.77. The van der Waals surface area contributed by atoms with Crippen LogP contribution in [-0.4, -0.2) is 27.6 Å². The molecule has 0 saturated carbocycles. The Hall–Kier alpha value is -1.58. The fourth-order valence-corrected chi connectivity index (χ4v) is 1.21. The van der Waals surface area contributed by atoms with Crippen LogP contribution in [0, 0.1) is 0 Å². The number of nitrogens with zero attached hydrogens (tertiary/aromatic N) is 3. The third kappa shape index (κ3) is 2.02. The van der Waals surface area contributed by atoms with E-state index < -0.39 is 0 Å².